The van der Waals surface area contributed by atoms with Crippen LogP contribution in [0.3, 0.4) is 0 Å². The van der Waals surface area contributed by atoms with Crippen molar-refractivity contribution in [2.24, 2.45) is 0 Å². The normalized spacial score (nSPS) is 10.9. The summed E-state index contributed by atoms with van der Waals surface area (Å²) in [5.41, 5.74) is 4.94. The highest BCUT2D eigenvalue weighted by Gasteiger charge is 2.10. The molecule has 28 heavy (non-hydrogen) atoms. The highest BCUT2D eigenvalue weighted by atomic mass is 32.1. The third-order valence-corrected chi connectivity index (χ3v) is 5.75. The summed E-state index contributed by atoms with van der Waals surface area (Å²) in [6, 6.07) is 12.1. The minimum Gasteiger partial charge on any atom is -0.332 e. The van der Waals surface area contributed by atoms with Gasteiger partial charge in [-0.2, -0.15) is 0 Å². The van der Waals surface area contributed by atoms with Crippen LogP contribution >= 0.6 is 22.7 Å². The largest absolute Gasteiger partial charge is 0.332 e. The van der Waals surface area contributed by atoms with E-state index in [-0.39, 0.29) is 0 Å². The Bertz CT molecular complexity index is 1180. The van der Waals surface area contributed by atoms with Crippen molar-refractivity contribution in [1.29, 1.82) is 0 Å². The van der Waals surface area contributed by atoms with Gasteiger partial charge in [0.25, 0.3) is 0 Å². The molecular formula is C20H14N6S2. The third kappa shape index (κ3) is 3.42. The monoisotopic (exact) mass is 402 g/mol. The molecule has 1 N–H and O–H groups in total. The van der Waals surface area contributed by atoms with Crippen molar-refractivity contribution in [3.05, 3.63) is 78.3 Å². The smallest absolute Gasteiger partial charge is 0.187 e. The van der Waals surface area contributed by atoms with Crippen molar-refractivity contribution >= 4 is 33.5 Å². The topological polar surface area (TPSA) is 68.5 Å². The SMILES string of the molecule is c1cc(-c2csc(-c3csc(Nc4ccc(-n5ccnc5)cc4)n3)n2)ccn1. The van der Waals surface area contributed by atoms with Gasteiger partial charge >= 0.3 is 0 Å². The van der Waals surface area contributed by atoms with E-state index >= 15 is 0 Å². The zero-order chi connectivity index (χ0) is 18.8. The number of imidazole rings is 1. The van der Waals surface area contributed by atoms with Crippen molar-refractivity contribution in [3.63, 3.8) is 0 Å². The van der Waals surface area contributed by atoms with Gasteiger partial charge in [-0.15, -0.1) is 22.7 Å². The van der Waals surface area contributed by atoms with Gasteiger partial charge in [0, 0.05) is 52.5 Å². The zero-order valence-electron chi connectivity index (χ0n) is 14.6. The van der Waals surface area contributed by atoms with Gasteiger partial charge in [-0.1, -0.05) is 0 Å². The second kappa shape index (κ2) is 7.34. The number of hydrogen-bond acceptors (Lipinski definition) is 7. The van der Waals surface area contributed by atoms with Crippen molar-refractivity contribution in [2.75, 3.05) is 5.32 Å². The Kier molecular flexibility index (Phi) is 4.40. The second-order valence-electron chi connectivity index (χ2n) is 5.95. The second-order valence-corrected chi connectivity index (χ2v) is 7.67. The molecule has 0 saturated carbocycles. The average molecular weight is 403 g/mol. The van der Waals surface area contributed by atoms with Gasteiger partial charge in [-0.05, 0) is 36.4 Å². The molecule has 0 amide bonds. The lowest BCUT2D eigenvalue weighted by atomic mass is 10.2. The molecule has 0 radical (unpaired) electrons. The van der Waals surface area contributed by atoms with Crippen LogP contribution in [0.15, 0.2) is 78.3 Å². The summed E-state index contributed by atoms with van der Waals surface area (Å²) in [5, 5.41) is 9.18. The Balaban J connectivity index is 1.32. The van der Waals surface area contributed by atoms with Gasteiger partial charge in [0.15, 0.2) is 5.13 Å². The van der Waals surface area contributed by atoms with Crippen molar-refractivity contribution in [3.8, 4) is 27.6 Å². The Morgan fingerprint density at radius 1 is 0.786 bits per heavy atom. The van der Waals surface area contributed by atoms with Gasteiger partial charge < -0.3 is 9.88 Å². The van der Waals surface area contributed by atoms with Crippen LogP contribution in [0.1, 0.15) is 0 Å². The zero-order valence-corrected chi connectivity index (χ0v) is 16.2. The summed E-state index contributed by atoms with van der Waals surface area (Å²) in [7, 11) is 0. The van der Waals surface area contributed by atoms with E-state index in [2.05, 4.69) is 20.3 Å². The van der Waals surface area contributed by atoms with Crippen LogP contribution in [0.2, 0.25) is 0 Å². The minimum absolute atomic E-state index is 0.839. The molecule has 4 aromatic heterocycles. The minimum atomic E-state index is 0.839. The van der Waals surface area contributed by atoms with E-state index in [1.165, 1.54) is 0 Å². The summed E-state index contributed by atoms with van der Waals surface area (Å²) in [4.78, 5) is 17.5. The summed E-state index contributed by atoms with van der Waals surface area (Å²) >= 11 is 3.16. The number of nitrogens with one attached hydrogen (secondary N) is 1. The van der Waals surface area contributed by atoms with E-state index < -0.39 is 0 Å². The number of pyridine rings is 1. The number of nitrogens with zero attached hydrogens (tertiary/aromatic N) is 5. The van der Waals surface area contributed by atoms with Gasteiger partial charge in [-0.3, -0.25) is 4.98 Å². The van der Waals surface area contributed by atoms with Gasteiger partial charge in [0.05, 0.1) is 12.0 Å². The molecule has 0 aliphatic heterocycles. The molecule has 1 aromatic carbocycles. The van der Waals surface area contributed by atoms with Crippen LogP contribution in [0.25, 0.3) is 27.6 Å². The standard InChI is InChI=1S/C20H14N6S2/c1-3-16(26-10-9-22-13-26)4-2-15(1)23-20-25-18(12-28-20)19-24-17(11-27-19)14-5-7-21-8-6-14/h1-13H,(H,23,25). The molecule has 4 heterocycles. The molecule has 0 fully saturated rings. The fraction of sp³-hybridized carbons (Fsp3) is 0. The fourth-order valence-corrected chi connectivity index (χ4v) is 4.31. The number of benzene rings is 1. The van der Waals surface area contributed by atoms with E-state index in [4.69, 9.17) is 4.98 Å². The van der Waals surface area contributed by atoms with E-state index in [1.54, 1.807) is 47.6 Å². The van der Waals surface area contributed by atoms with Gasteiger partial charge in [-0.25, -0.2) is 15.0 Å². The number of anilines is 2. The molecule has 5 aromatic rings. The molecule has 0 aliphatic rings. The van der Waals surface area contributed by atoms with Crippen LogP contribution in [-0.2, 0) is 0 Å². The molecule has 136 valence electrons. The van der Waals surface area contributed by atoms with Crippen LogP contribution in [0, 0.1) is 0 Å². The molecular weight excluding hydrogens is 388 g/mol. The van der Waals surface area contributed by atoms with Crippen LogP contribution in [-0.4, -0.2) is 24.5 Å². The molecule has 0 bridgehead atoms. The lowest BCUT2D eigenvalue weighted by molar-refractivity contribution is 1.06. The highest BCUT2D eigenvalue weighted by Crippen LogP contribution is 2.31. The van der Waals surface area contributed by atoms with E-state index in [1.807, 2.05) is 57.9 Å². The maximum absolute atomic E-state index is 4.71. The Hall–Kier alpha value is -3.36. The Morgan fingerprint density at radius 3 is 2.39 bits per heavy atom. The van der Waals surface area contributed by atoms with Crippen LogP contribution < -0.4 is 5.32 Å². The summed E-state index contributed by atoms with van der Waals surface area (Å²) in [5.74, 6) is 0. The number of rotatable bonds is 5. The van der Waals surface area contributed by atoms with E-state index in [9.17, 15) is 0 Å². The fourth-order valence-electron chi connectivity index (χ4n) is 2.73. The van der Waals surface area contributed by atoms with Crippen molar-refractivity contribution in [1.82, 2.24) is 24.5 Å². The molecule has 8 heteroatoms. The van der Waals surface area contributed by atoms with Crippen LogP contribution in [0.4, 0.5) is 10.8 Å². The summed E-state index contributed by atoms with van der Waals surface area (Å²) in [6.45, 7) is 0. The maximum Gasteiger partial charge on any atom is 0.187 e. The molecule has 6 nitrogen and oxygen atoms in total. The lowest BCUT2D eigenvalue weighted by Gasteiger charge is -2.05. The predicted molar refractivity (Wildman–Crippen MR) is 113 cm³/mol. The summed E-state index contributed by atoms with van der Waals surface area (Å²) in [6.07, 6.45) is 9.02. The first kappa shape index (κ1) is 16.8. The van der Waals surface area contributed by atoms with Crippen molar-refractivity contribution in [2.45, 2.75) is 0 Å². The van der Waals surface area contributed by atoms with Crippen molar-refractivity contribution < 1.29 is 0 Å². The first-order valence-corrected chi connectivity index (χ1v) is 10.3. The Morgan fingerprint density at radius 2 is 1.61 bits per heavy atom. The molecule has 0 aliphatic carbocycles. The number of hydrogen-bond donors (Lipinski definition) is 1. The highest BCUT2D eigenvalue weighted by molar-refractivity contribution is 7.15. The summed E-state index contributed by atoms with van der Waals surface area (Å²) < 4.78 is 1.97. The van der Waals surface area contributed by atoms with Crippen LogP contribution in [0.5, 0.6) is 0 Å². The number of thiazole rings is 2. The first-order chi connectivity index (χ1) is 13.8. The molecule has 0 unspecified atom stereocenters. The molecule has 5 rings (SSSR count). The van der Waals surface area contributed by atoms with E-state index in [0.29, 0.717) is 0 Å². The maximum atomic E-state index is 4.71. The van der Waals surface area contributed by atoms with Gasteiger partial charge in [0.1, 0.15) is 10.7 Å². The quantitative estimate of drug-likeness (QED) is 0.434. The third-order valence-electron chi connectivity index (χ3n) is 4.12. The predicted octanol–water partition coefficient (Wildman–Crippen LogP) is 5.26. The molecule has 0 saturated heterocycles. The molecule has 0 spiro atoms. The number of aromatic nitrogens is 5. The first-order valence-electron chi connectivity index (χ1n) is 8.52. The Labute approximate surface area is 169 Å². The average Bonchev–Trinajstić information content (AvgIpc) is 3.50. The van der Waals surface area contributed by atoms with Gasteiger partial charge in [0.2, 0.25) is 0 Å². The van der Waals surface area contributed by atoms with E-state index in [0.717, 1.165) is 38.5 Å². The lowest BCUT2D eigenvalue weighted by Crippen LogP contribution is -1.92. The molecule has 0 atom stereocenters.